The molecule has 114 valence electrons. The Bertz CT molecular complexity index is 469. The van der Waals surface area contributed by atoms with Gasteiger partial charge in [0.25, 0.3) is 0 Å². The maximum atomic E-state index is 11.8. The molecule has 3 N–H and O–H groups in total. The number of nitrogens with zero attached hydrogens (tertiary/aromatic N) is 2. The van der Waals surface area contributed by atoms with Crippen molar-refractivity contribution in [2.75, 3.05) is 13.2 Å². The number of urea groups is 1. The zero-order chi connectivity index (χ0) is 14.7. The number of phosphoric ester groups is 1. The lowest BCUT2D eigenvalue weighted by Crippen LogP contribution is -2.80. The fourth-order valence-corrected chi connectivity index (χ4v) is 3.34. The first-order valence-electron chi connectivity index (χ1n) is 6.40. The first-order chi connectivity index (χ1) is 9.28. The van der Waals surface area contributed by atoms with Crippen molar-refractivity contribution in [1.29, 1.82) is 0 Å². The normalized spacial score (nSPS) is 40.4. The third-order valence-corrected chi connectivity index (χ3v) is 4.47. The van der Waals surface area contributed by atoms with Gasteiger partial charge in [-0.2, -0.15) is 0 Å². The summed E-state index contributed by atoms with van der Waals surface area (Å²) in [7, 11) is -4.59. The number of hydrogen-bond donors (Lipinski definition) is 3. The van der Waals surface area contributed by atoms with Crippen molar-refractivity contribution in [3.8, 4) is 0 Å². The summed E-state index contributed by atoms with van der Waals surface area (Å²) in [4.78, 5) is 32.4. The predicted molar refractivity (Wildman–Crippen MR) is 64.2 cm³/mol. The van der Waals surface area contributed by atoms with Crippen LogP contribution in [0.15, 0.2) is 0 Å². The fourth-order valence-electron chi connectivity index (χ4n) is 3.00. The van der Waals surface area contributed by atoms with E-state index in [0.29, 0.717) is 5.92 Å². The third-order valence-electron chi connectivity index (χ3n) is 3.99. The second-order valence-corrected chi connectivity index (χ2v) is 6.69. The van der Waals surface area contributed by atoms with Gasteiger partial charge in [0.05, 0.1) is 12.7 Å². The van der Waals surface area contributed by atoms with Crippen LogP contribution < -0.4 is 0 Å². The van der Waals surface area contributed by atoms with Crippen molar-refractivity contribution in [2.24, 2.45) is 5.92 Å². The zero-order valence-corrected chi connectivity index (χ0v) is 11.7. The number of hydrogen-bond acceptors (Lipinski definition) is 5. The first kappa shape index (κ1) is 14.2. The summed E-state index contributed by atoms with van der Waals surface area (Å²) in [5.74, 6) is 0.360. The number of phosphoric acid groups is 1. The highest BCUT2D eigenvalue weighted by Gasteiger charge is 2.59. The minimum atomic E-state index is -4.59. The molecule has 3 fully saturated rings. The van der Waals surface area contributed by atoms with Crippen LogP contribution in [0.1, 0.15) is 13.3 Å². The Balaban J connectivity index is 1.58. The molecule has 3 aliphatic rings. The summed E-state index contributed by atoms with van der Waals surface area (Å²) in [6, 6.07) is -0.123. The van der Waals surface area contributed by atoms with E-state index in [0.717, 1.165) is 6.54 Å². The lowest BCUT2D eigenvalue weighted by atomic mass is 9.91. The average Bonchev–Trinajstić information content (AvgIpc) is 2.69. The molecule has 0 aromatic carbocycles. The Morgan fingerprint density at radius 3 is 2.80 bits per heavy atom. The van der Waals surface area contributed by atoms with Crippen molar-refractivity contribution < 1.29 is 33.5 Å². The van der Waals surface area contributed by atoms with Crippen LogP contribution >= 0.6 is 7.82 Å². The van der Waals surface area contributed by atoms with E-state index in [-0.39, 0.29) is 18.6 Å². The van der Waals surface area contributed by atoms with Crippen molar-refractivity contribution >= 4 is 13.9 Å². The average molecular weight is 308 g/mol. The topological polar surface area (TPSA) is 120 Å². The van der Waals surface area contributed by atoms with Gasteiger partial charge in [0.15, 0.2) is 0 Å². The lowest BCUT2D eigenvalue weighted by molar-refractivity contribution is -0.185. The standard InChI is InChI=1S/C10H17N2O7P/c1-5-3-11-9(5)12(10(11)14)8-2-6(13)7(19-8)4-18-20(15,16)17/h5-9,13H,2-4H2,1H3,(H2,15,16,17)/t5-,6+,7-,8-,9+/m1/s1. The summed E-state index contributed by atoms with van der Waals surface area (Å²) < 4.78 is 20.5. The van der Waals surface area contributed by atoms with E-state index >= 15 is 0 Å². The van der Waals surface area contributed by atoms with E-state index in [9.17, 15) is 14.5 Å². The molecular weight excluding hydrogens is 291 g/mol. The highest BCUT2D eigenvalue weighted by molar-refractivity contribution is 7.46. The van der Waals surface area contributed by atoms with Gasteiger partial charge in [-0.15, -0.1) is 0 Å². The molecule has 0 aromatic heterocycles. The van der Waals surface area contributed by atoms with Gasteiger partial charge < -0.3 is 24.5 Å². The molecule has 3 heterocycles. The molecule has 0 spiro atoms. The Morgan fingerprint density at radius 1 is 1.50 bits per heavy atom. The van der Waals surface area contributed by atoms with Gasteiger partial charge in [0.2, 0.25) is 0 Å². The number of carbonyl (C=O) groups excluding carboxylic acids is 1. The second kappa shape index (κ2) is 4.66. The molecule has 9 nitrogen and oxygen atoms in total. The largest absolute Gasteiger partial charge is 0.469 e. The molecule has 0 unspecified atom stereocenters. The monoisotopic (exact) mass is 308 g/mol. The van der Waals surface area contributed by atoms with Crippen LogP contribution in [0.4, 0.5) is 4.79 Å². The summed E-state index contributed by atoms with van der Waals surface area (Å²) in [6.45, 7) is 2.36. The van der Waals surface area contributed by atoms with Gasteiger partial charge in [0.1, 0.15) is 18.5 Å². The zero-order valence-electron chi connectivity index (χ0n) is 10.8. The molecule has 0 bridgehead atoms. The van der Waals surface area contributed by atoms with E-state index in [2.05, 4.69) is 4.52 Å². The van der Waals surface area contributed by atoms with E-state index < -0.39 is 32.9 Å². The number of ether oxygens (including phenoxy) is 1. The smallest absolute Gasteiger partial charge is 0.390 e. The molecule has 3 aliphatic heterocycles. The van der Waals surface area contributed by atoms with Crippen molar-refractivity contribution in [3.63, 3.8) is 0 Å². The van der Waals surface area contributed by atoms with Gasteiger partial charge >= 0.3 is 13.9 Å². The maximum absolute atomic E-state index is 11.8. The van der Waals surface area contributed by atoms with Gasteiger partial charge in [-0.3, -0.25) is 9.42 Å². The van der Waals surface area contributed by atoms with Gasteiger partial charge in [-0.1, -0.05) is 6.92 Å². The van der Waals surface area contributed by atoms with E-state index in [1.54, 1.807) is 9.80 Å². The highest BCUT2D eigenvalue weighted by atomic mass is 31.2. The molecule has 0 aromatic rings. The molecular formula is C10H17N2O7P. The molecule has 10 heteroatoms. The number of amides is 2. The maximum Gasteiger partial charge on any atom is 0.469 e. The Labute approximate surface area is 115 Å². The van der Waals surface area contributed by atoms with Crippen LogP contribution in [0.25, 0.3) is 0 Å². The quantitative estimate of drug-likeness (QED) is 0.586. The number of fused-ring (bicyclic) bond motifs is 1. The minimum absolute atomic E-state index is 0.0150. The SMILES string of the molecule is C[C@@H]1CN2C(=O)N([C@H]3C[C@H](O)[C@@H](COP(=O)(O)O)O3)[C@@H]12. The summed E-state index contributed by atoms with van der Waals surface area (Å²) in [6.07, 6.45) is -2.08. The molecule has 3 saturated heterocycles. The van der Waals surface area contributed by atoms with E-state index in [1.807, 2.05) is 6.92 Å². The summed E-state index contributed by atoms with van der Waals surface area (Å²) in [5, 5.41) is 9.84. The van der Waals surface area contributed by atoms with E-state index in [1.165, 1.54) is 0 Å². The van der Waals surface area contributed by atoms with Crippen LogP contribution in [0.2, 0.25) is 0 Å². The van der Waals surface area contributed by atoms with Gasteiger partial charge in [-0.25, -0.2) is 9.36 Å². The second-order valence-electron chi connectivity index (χ2n) is 5.45. The number of aliphatic hydroxyl groups is 1. The molecule has 0 radical (unpaired) electrons. The van der Waals surface area contributed by atoms with Crippen LogP contribution in [-0.4, -0.2) is 68.5 Å². The molecule has 3 rings (SSSR count). The molecule has 0 aliphatic carbocycles. The van der Waals surface area contributed by atoms with Gasteiger partial charge in [0, 0.05) is 18.9 Å². The molecule has 0 saturated carbocycles. The van der Waals surface area contributed by atoms with Crippen LogP contribution in [0.5, 0.6) is 0 Å². The molecule has 5 atom stereocenters. The molecule has 20 heavy (non-hydrogen) atoms. The van der Waals surface area contributed by atoms with Crippen molar-refractivity contribution in [3.05, 3.63) is 0 Å². The molecule has 2 amide bonds. The van der Waals surface area contributed by atoms with Crippen LogP contribution in [-0.2, 0) is 13.8 Å². The summed E-state index contributed by atoms with van der Waals surface area (Å²) >= 11 is 0. The summed E-state index contributed by atoms with van der Waals surface area (Å²) in [5.41, 5.74) is 0. The lowest BCUT2D eigenvalue weighted by Gasteiger charge is -2.62. The fraction of sp³-hybridized carbons (Fsp3) is 0.900. The Kier molecular flexibility index (Phi) is 3.32. The number of aliphatic hydroxyl groups excluding tert-OH is 1. The Morgan fingerprint density at radius 2 is 2.20 bits per heavy atom. The minimum Gasteiger partial charge on any atom is -0.390 e. The third kappa shape index (κ3) is 2.24. The van der Waals surface area contributed by atoms with Crippen LogP contribution in [0.3, 0.4) is 0 Å². The van der Waals surface area contributed by atoms with Crippen molar-refractivity contribution in [1.82, 2.24) is 9.80 Å². The van der Waals surface area contributed by atoms with Gasteiger partial charge in [-0.05, 0) is 0 Å². The first-order valence-corrected chi connectivity index (χ1v) is 7.93. The predicted octanol–water partition coefficient (Wildman–Crippen LogP) is -0.715. The van der Waals surface area contributed by atoms with Crippen molar-refractivity contribution in [2.45, 2.75) is 37.9 Å². The number of rotatable bonds is 4. The Hall–Kier alpha value is -0.700. The number of carbonyl (C=O) groups is 1. The highest BCUT2D eigenvalue weighted by Crippen LogP contribution is 2.42. The van der Waals surface area contributed by atoms with E-state index in [4.69, 9.17) is 14.5 Å². The van der Waals surface area contributed by atoms with Crippen LogP contribution in [0, 0.1) is 5.92 Å².